The third-order valence-corrected chi connectivity index (χ3v) is 8.54. The van der Waals surface area contributed by atoms with E-state index in [4.69, 9.17) is 10.5 Å². The van der Waals surface area contributed by atoms with Crippen LogP contribution in [0, 0.1) is 5.92 Å². The van der Waals surface area contributed by atoms with Crippen LogP contribution < -0.4 is 10.7 Å². The predicted octanol–water partition coefficient (Wildman–Crippen LogP) is 1.80. The van der Waals surface area contributed by atoms with Gasteiger partial charge in [-0.1, -0.05) is 12.1 Å². The molecule has 3 aliphatic heterocycles. The van der Waals surface area contributed by atoms with Crippen LogP contribution >= 0.6 is 0 Å². The number of piperidine rings is 2. The Balaban J connectivity index is 1.21. The van der Waals surface area contributed by atoms with E-state index in [0.29, 0.717) is 67.5 Å². The minimum absolute atomic E-state index is 0.112. The highest BCUT2D eigenvalue weighted by molar-refractivity contribution is 6.25. The van der Waals surface area contributed by atoms with Gasteiger partial charge in [0.25, 0.3) is 0 Å². The fourth-order valence-electron chi connectivity index (χ4n) is 6.42. The number of likely N-dealkylation sites (tertiary alicyclic amines) is 2. The second kappa shape index (κ2) is 10.1. The number of nitrogens with one attached hydrogen (secondary N) is 1. The summed E-state index contributed by atoms with van der Waals surface area (Å²) in [4.78, 5) is 43.8. The molecule has 3 N–H and O–H groups in total. The van der Waals surface area contributed by atoms with Gasteiger partial charge in [0.2, 0.25) is 5.91 Å². The summed E-state index contributed by atoms with van der Waals surface area (Å²) < 4.78 is 5.43. The number of H-pyrrole nitrogens is 1. The number of aromatic amines is 1. The first-order valence-corrected chi connectivity index (χ1v) is 13.6. The van der Waals surface area contributed by atoms with E-state index >= 15 is 0 Å². The lowest BCUT2D eigenvalue weighted by Crippen LogP contribution is -2.54. The van der Waals surface area contributed by atoms with E-state index in [1.807, 2.05) is 22.0 Å². The molecule has 2 aromatic rings. The van der Waals surface area contributed by atoms with Crippen LogP contribution in [0.15, 0.2) is 18.2 Å². The van der Waals surface area contributed by atoms with Crippen molar-refractivity contribution in [2.24, 2.45) is 11.7 Å². The molecule has 0 bridgehead atoms. The lowest BCUT2D eigenvalue weighted by molar-refractivity contribution is -0.138. The Morgan fingerprint density at radius 2 is 1.74 bits per heavy atom. The highest BCUT2D eigenvalue weighted by atomic mass is 16.5. The summed E-state index contributed by atoms with van der Waals surface area (Å²) in [6.45, 7) is 5.28. The number of hydrogen-bond acceptors (Lipinski definition) is 7. The number of carbonyl (C=O) groups is 3. The Hall–Kier alpha value is -3.28. The number of carbonyl (C=O) groups excluding carboxylic acids is 3. The molecular formula is C27H35N7O4. The normalized spacial score (nSPS) is 21.4. The van der Waals surface area contributed by atoms with E-state index in [9.17, 15) is 14.4 Å². The van der Waals surface area contributed by atoms with Crippen molar-refractivity contribution >= 4 is 23.4 Å². The van der Waals surface area contributed by atoms with E-state index in [-0.39, 0.29) is 23.5 Å². The van der Waals surface area contributed by atoms with Crippen molar-refractivity contribution in [3.8, 4) is 11.3 Å². The fourth-order valence-corrected chi connectivity index (χ4v) is 6.42. The Kier molecular flexibility index (Phi) is 6.67. The van der Waals surface area contributed by atoms with Crippen molar-refractivity contribution in [1.29, 1.82) is 0 Å². The Morgan fingerprint density at radius 1 is 1.03 bits per heavy atom. The molecule has 0 saturated carbocycles. The molecule has 1 aromatic carbocycles. The molecule has 202 valence electrons. The highest BCUT2D eigenvalue weighted by Gasteiger charge is 2.40. The van der Waals surface area contributed by atoms with Crippen molar-refractivity contribution in [2.45, 2.75) is 31.6 Å². The summed E-state index contributed by atoms with van der Waals surface area (Å²) in [6, 6.07) is 4.82. The van der Waals surface area contributed by atoms with E-state index in [1.54, 1.807) is 6.07 Å². The number of hydrazine groups is 1. The molecule has 4 aliphatic rings. The van der Waals surface area contributed by atoms with Crippen molar-refractivity contribution in [1.82, 2.24) is 25.0 Å². The number of anilines is 1. The molecule has 11 heteroatoms. The van der Waals surface area contributed by atoms with Crippen LogP contribution in [-0.2, 0) is 9.53 Å². The number of morpholine rings is 1. The molecule has 1 aromatic heterocycles. The van der Waals surface area contributed by atoms with Gasteiger partial charge in [-0.15, -0.1) is 0 Å². The number of urea groups is 1. The molecule has 0 spiro atoms. The maximum atomic E-state index is 13.9. The molecule has 1 aliphatic carbocycles. The fraction of sp³-hybridized carbons (Fsp3) is 0.556. The van der Waals surface area contributed by atoms with Gasteiger partial charge in [0.1, 0.15) is 5.69 Å². The molecule has 0 unspecified atom stereocenters. The van der Waals surface area contributed by atoms with Gasteiger partial charge in [-0.3, -0.25) is 14.7 Å². The summed E-state index contributed by atoms with van der Waals surface area (Å²) in [6.07, 6.45) is 3.41. The number of nitrogens with two attached hydrogens (primary N) is 1. The van der Waals surface area contributed by atoms with Crippen LogP contribution in [0.4, 0.5) is 10.5 Å². The number of benzene rings is 1. The molecule has 0 radical (unpaired) electrons. The SMILES string of the molecule is CN1CCC(C(=O)N2CCC(c3[nH]nc4c3C(=O)c3c-4cccc3N(C(N)=O)N3CCOCC3)CC2)CC1. The number of aromatic nitrogens is 2. The van der Waals surface area contributed by atoms with Gasteiger partial charge in [0.15, 0.2) is 5.78 Å². The number of ketones is 1. The van der Waals surface area contributed by atoms with Crippen LogP contribution in [0.5, 0.6) is 0 Å². The van der Waals surface area contributed by atoms with E-state index in [1.165, 1.54) is 5.01 Å². The van der Waals surface area contributed by atoms with Gasteiger partial charge in [-0.25, -0.2) is 14.8 Å². The summed E-state index contributed by atoms with van der Waals surface area (Å²) >= 11 is 0. The first kappa shape index (κ1) is 25.0. The van der Waals surface area contributed by atoms with Gasteiger partial charge >= 0.3 is 6.03 Å². The first-order valence-electron chi connectivity index (χ1n) is 13.6. The molecular weight excluding hydrogens is 486 g/mol. The van der Waals surface area contributed by atoms with Crippen molar-refractivity contribution in [3.05, 3.63) is 35.0 Å². The van der Waals surface area contributed by atoms with Gasteiger partial charge in [0.05, 0.1) is 35.7 Å². The average Bonchev–Trinajstić information content (AvgIpc) is 3.49. The minimum Gasteiger partial charge on any atom is -0.379 e. The van der Waals surface area contributed by atoms with Crippen molar-refractivity contribution < 1.29 is 19.1 Å². The summed E-state index contributed by atoms with van der Waals surface area (Å²) in [5, 5.41) is 10.9. The Labute approximate surface area is 221 Å². The smallest absolute Gasteiger partial charge is 0.334 e. The lowest BCUT2D eigenvalue weighted by Gasteiger charge is -2.37. The predicted molar refractivity (Wildman–Crippen MR) is 141 cm³/mol. The second-order valence-electron chi connectivity index (χ2n) is 10.8. The van der Waals surface area contributed by atoms with Crippen molar-refractivity contribution in [2.75, 3.05) is 64.5 Å². The summed E-state index contributed by atoms with van der Waals surface area (Å²) in [7, 11) is 2.10. The Morgan fingerprint density at radius 3 is 2.42 bits per heavy atom. The number of primary amides is 1. The second-order valence-corrected chi connectivity index (χ2v) is 10.8. The summed E-state index contributed by atoms with van der Waals surface area (Å²) in [5.41, 5.74) is 9.48. The van der Waals surface area contributed by atoms with Crippen LogP contribution in [-0.4, -0.2) is 102 Å². The average molecular weight is 522 g/mol. The third-order valence-electron chi connectivity index (χ3n) is 8.54. The molecule has 3 amide bonds. The van der Waals surface area contributed by atoms with Crippen LogP contribution in [0.1, 0.15) is 53.2 Å². The number of nitrogens with zero attached hydrogens (tertiary/aromatic N) is 5. The zero-order chi connectivity index (χ0) is 26.4. The highest BCUT2D eigenvalue weighted by Crippen LogP contribution is 2.44. The molecule has 11 nitrogen and oxygen atoms in total. The first-order chi connectivity index (χ1) is 18.4. The van der Waals surface area contributed by atoms with E-state index in [0.717, 1.165) is 44.5 Å². The third kappa shape index (κ3) is 4.28. The van der Waals surface area contributed by atoms with E-state index in [2.05, 4.69) is 22.1 Å². The quantitative estimate of drug-likeness (QED) is 0.536. The Bertz CT molecular complexity index is 1240. The van der Waals surface area contributed by atoms with Gasteiger partial charge in [-0.05, 0) is 51.9 Å². The van der Waals surface area contributed by atoms with E-state index < -0.39 is 6.03 Å². The number of hydrogen-bond donors (Lipinski definition) is 2. The largest absolute Gasteiger partial charge is 0.379 e. The standard InChI is InChI=1S/C27H35N7O4/c1-31-9-5-18(6-10-31)26(36)32-11-7-17(8-12-32)23-22-24(30-29-23)19-3-2-4-20(21(19)25(22)35)34(27(28)37)33-13-15-38-16-14-33/h2-4,17-18H,5-16H2,1H3,(H2,28,37)(H,29,30). The van der Waals surface area contributed by atoms with Gasteiger partial charge in [0, 0.05) is 43.6 Å². The molecule has 0 atom stereocenters. The molecule has 6 rings (SSSR count). The number of fused-ring (bicyclic) bond motifs is 3. The minimum atomic E-state index is -0.638. The molecule has 3 fully saturated rings. The maximum Gasteiger partial charge on any atom is 0.334 e. The number of ether oxygens (including phenoxy) is 1. The zero-order valence-electron chi connectivity index (χ0n) is 21.8. The molecule has 38 heavy (non-hydrogen) atoms. The van der Waals surface area contributed by atoms with Gasteiger partial charge in [-0.2, -0.15) is 5.10 Å². The van der Waals surface area contributed by atoms with Gasteiger partial charge < -0.3 is 20.3 Å². The van der Waals surface area contributed by atoms with Crippen LogP contribution in [0.25, 0.3) is 11.3 Å². The number of amides is 3. The summed E-state index contributed by atoms with van der Waals surface area (Å²) in [5.74, 6) is 0.363. The topological polar surface area (TPSA) is 128 Å². The lowest BCUT2D eigenvalue weighted by atomic mass is 9.88. The van der Waals surface area contributed by atoms with Crippen LogP contribution in [0.2, 0.25) is 0 Å². The molecule has 3 saturated heterocycles. The molecule has 4 heterocycles. The zero-order valence-corrected chi connectivity index (χ0v) is 21.8. The van der Waals surface area contributed by atoms with Crippen molar-refractivity contribution in [3.63, 3.8) is 0 Å². The van der Waals surface area contributed by atoms with Crippen LogP contribution in [0.3, 0.4) is 0 Å². The monoisotopic (exact) mass is 521 g/mol. The number of rotatable bonds is 4. The maximum absolute atomic E-state index is 13.9.